The van der Waals surface area contributed by atoms with E-state index in [0.717, 1.165) is 23.2 Å². The zero-order chi connectivity index (χ0) is 10.3. The summed E-state index contributed by atoms with van der Waals surface area (Å²) in [6.07, 6.45) is 1.23. The third-order valence-corrected chi connectivity index (χ3v) is 2.02. The van der Waals surface area contributed by atoms with Gasteiger partial charge in [0.05, 0.1) is 33.9 Å². The Hall–Kier alpha value is -0.340. The summed E-state index contributed by atoms with van der Waals surface area (Å²) in [4.78, 5) is 0. The van der Waals surface area contributed by atoms with Crippen molar-refractivity contribution in [1.82, 2.24) is 0 Å². The Morgan fingerprint density at radius 1 is 1.31 bits per heavy atom. The van der Waals surface area contributed by atoms with E-state index >= 15 is 0 Å². The molecule has 78 valence electrons. The molecule has 0 heterocycles. The van der Waals surface area contributed by atoms with E-state index in [4.69, 9.17) is 4.74 Å². The molecule has 0 radical (unpaired) electrons. The van der Waals surface area contributed by atoms with Crippen LogP contribution >= 0.6 is 0 Å². The van der Waals surface area contributed by atoms with E-state index in [1.54, 1.807) is 0 Å². The molecular formula is C11H24NO+. The molecule has 0 bridgehead atoms. The maximum Gasteiger partial charge on any atom is 0.102 e. The molecule has 13 heavy (non-hydrogen) atoms. The fourth-order valence-corrected chi connectivity index (χ4v) is 1.28. The van der Waals surface area contributed by atoms with Crippen LogP contribution in [0.3, 0.4) is 0 Å². The molecule has 0 saturated carbocycles. The van der Waals surface area contributed by atoms with E-state index in [2.05, 4.69) is 27.6 Å². The maximum atomic E-state index is 5.46. The second-order valence-corrected chi connectivity index (χ2v) is 4.39. The topological polar surface area (TPSA) is 9.23 Å². The van der Waals surface area contributed by atoms with Crippen LogP contribution < -0.4 is 0 Å². The highest BCUT2D eigenvalue weighted by Crippen LogP contribution is 1.99. The first kappa shape index (κ1) is 12.7. The summed E-state index contributed by atoms with van der Waals surface area (Å²) >= 11 is 0. The molecule has 0 N–H and O–H groups in total. The minimum atomic E-state index is 0.701. The lowest BCUT2D eigenvalue weighted by Crippen LogP contribution is -2.42. The molecule has 0 spiro atoms. The molecule has 0 fully saturated rings. The number of quaternary nitrogens is 1. The average Bonchev–Trinajstić information content (AvgIpc) is 1.98. The number of likely N-dealkylation sites (N-methyl/N-ethyl adjacent to an activating group) is 1. The molecule has 0 aliphatic rings. The Labute approximate surface area is 82.8 Å². The van der Waals surface area contributed by atoms with Gasteiger partial charge in [-0.1, -0.05) is 19.1 Å². The van der Waals surface area contributed by atoms with Crippen molar-refractivity contribution in [2.75, 3.05) is 40.4 Å². The van der Waals surface area contributed by atoms with Crippen LogP contribution in [-0.2, 0) is 4.74 Å². The predicted octanol–water partition coefficient (Wildman–Crippen LogP) is 2.07. The molecule has 0 atom stereocenters. The molecule has 0 amide bonds. The highest BCUT2D eigenvalue weighted by atomic mass is 16.5. The van der Waals surface area contributed by atoms with E-state index in [9.17, 15) is 0 Å². The van der Waals surface area contributed by atoms with Crippen LogP contribution in [0.25, 0.3) is 0 Å². The van der Waals surface area contributed by atoms with Crippen molar-refractivity contribution in [1.29, 1.82) is 0 Å². The van der Waals surface area contributed by atoms with Crippen molar-refractivity contribution in [2.45, 2.75) is 20.3 Å². The smallest absolute Gasteiger partial charge is 0.102 e. The number of nitrogens with zero attached hydrogens (tertiary/aromatic N) is 1. The highest BCUT2D eigenvalue weighted by Gasteiger charge is 2.12. The highest BCUT2D eigenvalue weighted by molar-refractivity contribution is 4.87. The monoisotopic (exact) mass is 186 g/mol. The first-order valence-electron chi connectivity index (χ1n) is 5.02. The van der Waals surface area contributed by atoms with Gasteiger partial charge in [0.15, 0.2) is 0 Å². The lowest BCUT2D eigenvalue weighted by molar-refractivity contribution is -0.890. The zero-order valence-electron chi connectivity index (χ0n) is 9.60. The van der Waals surface area contributed by atoms with Crippen molar-refractivity contribution in [2.24, 2.45) is 0 Å². The minimum Gasteiger partial charge on any atom is -0.371 e. The van der Waals surface area contributed by atoms with Gasteiger partial charge in [-0.25, -0.2) is 0 Å². The van der Waals surface area contributed by atoms with Gasteiger partial charge in [-0.2, -0.15) is 0 Å². The molecule has 0 aromatic carbocycles. The summed E-state index contributed by atoms with van der Waals surface area (Å²) in [6.45, 7) is 11.8. The molecule has 0 aliphatic heterocycles. The zero-order valence-corrected chi connectivity index (χ0v) is 9.60. The van der Waals surface area contributed by atoms with Crippen molar-refractivity contribution in [3.63, 3.8) is 0 Å². The third-order valence-electron chi connectivity index (χ3n) is 2.02. The van der Waals surface area contributed by atoms with Gasteiger partial charge in [0.1, 0.15) is 6.54 Å². The molecular weight excluding hydrogens is 162 g/mol. The summed E-state index contributed by atoms with van der Waals surface area (Å²) in [5, 5.41) is 0. The Bertz CT molecular complexity index is 152. The Balaban J connectivity index is 3.45. The van der Waals surface area contributed by atoms with E-state index in [0.29, 0.717) is 6.61 Å². The van der Waals surface area contributed by atoms with E-state index in [1.807, 2.05) is 6.92 Å². The van der Waals surface area contributed by atoms with Gasteiger partial charge in [0, 0.05) is 0 Å². The lowest BCUT2D eigenvalue weighted by Gasteiger charge is -2.29. The first-order valence-corrected chi connectivity index (χ1v) is 5.02. The van der Waals surface area contributed by atoms with Crippen molar-refractivity contribution >= 4 is 0 Å². The van der Waals surface area contributed by atoms with Crippen LogP contribution in [0.1, 0.15) is 20.3 Å². The van der Waals surface area contributed by atoms with Crippen LogP contribution in [0.4, 0.5) is 0 Å². The summed E-state index contributed by atoms with van der Waals surface area (Å²) in [6, 6.07) is 0. The fraction of sp³-hybridized carbons (Fsp3) is 0.818. The Kier molecular flexibility index (Phi) is 6.00. The standard InChI is InChI=1S/C11H24NO/c1-6-7-12(4,5)8-9-13-10-11(2)3/h2,6-10H2,1,3-5H3/q+1. The van der Waals surface area contributed by atoms with Crippen LogP contribution in [0.2, 0.25) is 0 Å². The van der Waals surface area contributed by atoms with Gasteiger partial charge >= 0.3 is 0 Å². The normalized spacial score (nSPS) is 11.7. The summed E-state index contributed by atoms with van der Waals surface area (Å²) in [7, 11) is 4.49. The van der Waals surface area contributed by atoms with Gasteiger partial charge in [0.2, 0.25) is 0 Å². The molecule has 2 nitrogen and oxygen atoms in total. The van der Waals surface area contributed by atoms with Crippen molar-refractivity contribution in [3.8, 4) is 0 Å². The van der Waals surface area contributed by atoms with Crippen LogP contribution in [0.15, 0.2) is 12.2 Å². The Morgan fingerprint density at radius 2 is 1.92 bits per heavy atom. The molecule has 0 unspecified atom stereocenters. The fourth-order valence-electron chi connectivity index (χ4n) is 1.28. The van der Waals surface area contributed by atoms with Gasteiger partial charge in [-0.15, -0.1) is 0 Å². The number of rotatable bonds is 7. The quantitative estimate of drug-likeness (QED) is 0.336. The number of hydrogen-bond donors (Lipinski definition) is 0. The minimum absolute atomic E-state index is 0.701. The second-order valence-electron chi connectivity index (χ2n) is 4.39. The first-order chi connectivity index (χ1) is 5.98. The maximum absolute atomic E-state index is 5.46. The second kappa shape index (κ2) is 6.17. The molecule has 0 aromatic heterocycles. The molecule has 0 rings (SSSR count). The molecule has 0 aromatic rings. The van der Waals surface area contributed by atoms with Crippen LogP contribution in [-0.4, -0.2) is 44.9 Å². The molecule has 0 aliphatic carbocycles. The van der Waals surface area contributed by atoms with Gasteiger partial charge in [0.25, 0.3) is 0 Å². The third kappa shape index (κ3) is 8.00. The van der Waals surface area contributed by atoms with Gasteiger partial charge in [-0.3, -0.25) is 0 Å². The SMILES string of the molecule is C=C(C)COCC[N+](C)(C)CCC. The summed E-state index contributed by atoms with van der Waals surface area (Å²) in [5.41, 5.74) is 1.10. The Morgan fingerprint density at radius 3 is 2.38 bits per heavy atom. The molecule has 2 heteroatoms. The molecule has 0 saturated heterocycles. The summed E-state index contributed by atoms with van der Waals surface area (Å²) in [5.74, 6) is 0. The average molecular weight is 186 g/mol. The van der Waals surface area contributed by atoms with Crippen LogP contribution in [0.5, 0.6) is 0 Å². The van der Waals surface area contributed by atoms with E-state index in [1.165, 1.54) is 13.0 Å². The predicted molar refractivity (Wildman–Crippen MR) is 57.8 cm³/mol. The van der Waals surface area contributed by atoms with Crippen molar-refractivity contribution in [3.05, 3.63) is 12.2 Å². The number of hydrogen-bond acceptors (Lipinski definition) is 1. The van der Waals surface area contributed by atoms with Gasteiger partial charge < -0.3 is 9.22 Å². The lowest BCUT2D eigenvalue weighted by atomic mass is 10.3. The van der Waals surface area contributed by atoms with Gasteiger partial charge in [-0.05, 0) is 13.3 Å². The van der Waals surface area contributed by atoms with E-state index in [-0.39, 0.29) is 0 Å². The van der Waals surface area contributed by atoms with E-state index < -0.39 is 0 Å². The van der Waals surface area contributed by atoms with Crippen molar-refractivity contribution < 1.29 is 9.22 Å². The summed E-state index contributed by atoms with van der Waals surface area (Å²) < 4.78 is 6.51. The van der Waals surface area contributed by atoms with Crippen LogP contribution in [0, 0.1) is 0 Å². The number of ether oxygens (including phenoxy) is 1. The largest absolute Gasteiger partial charge is 0.371 e.